The fourth-order valence-corrected chi connectivity index (χ4v) is 3.07. The quantitative estimate of drug-likeness (QED) is 0.796. The maximum Gasteiger partial charge on any atom is 0.356 e. The lowest BCUT2D eigenvalue weighted by molar-refractivity contribution is 0.0445. The molecule has 0 N–H and O–H groups in total. The molecule has 4 nitrogen and oxygen atoms in total. The third kappa shape index (κ3) is 3.13. The molecular formula is C16H18N2O2S. The highest BCUT2D eigenvalue weighted by atomic mass is 32.2. The van der Waals surface area contributed by atoms with Gasteiger partial charge in [-0.1, -0.05) is 30.3 Å². The van der Waals surface area contributed by atoms with Crippen LogP contribution in [-0.2, 0) is 4.74 Å². The zero-order valence-corrected chi connectivity index (χ0v) is 12.8. The Balaban J connectivity index is 1.72. The van der Waals surface area contributed by atoms with Crippen LogP contribution in [0.1, 0.15) is 29.0 Å². The van der Waals surface area contributed by atoms with Crippen molar-refractivity contribution in [1.29, 1.82) is 0 Å². The van der Waals surface area contributed by atoms with Crippen molar-refractivity contribution < 1.29 is 9.53 Å². The molecular weight excluding hydrogens is 284 g/mol. The van der Waals surface area contributed by atoms with Gasteiger partial charge in [0.1, 0.15) is 5.69 Å². The normalized spacial score (nSPS) is 16.2. The number of thioether (sulfide) groups is 1. The van der Waals surface area contributed by atoms with Gasteiger partial charge in [-0.05, 0) is 12.5 Å². The van der Waals surface area contributed by atoms with Crippen molar-refractivity contribution in [2.75, 3.05) is 18.1 Å². The molecule has 21 heavy (non-hydrogen) atoms. The lowest BCUT2D eigenvalue weighted by Crippen LogP contribution is -2.26. The van der Waals surface area contributed by atoms with E-state index in [0.29, 0.717) is 18.2 Å². The Kier molecular flexibility index (Phi) is 4.29. The van der Waals surface area contributed by atoms with E-state index in [1.54, 1.807) is 12.5 Å². The van der Waals surface area contributed by atoms with Crippen molar-refractivity contribution in [3.8, 4) is 0 Å². The van der Waals surface area contributed by atoms with E-state index in [2.05, 4.69) is 11.9 Å². The van der Waals surface area contributed by atoms with Crippen LogP contribution >= 0.6 is 11.8 Å². The van der Waals surface area contributed by atoms with E-state index in [9.17, 15) is 4.79 Å². The number of hydrogen-bond acceptors (Lipinski definition) is 4. The smallest absolute Gasteiger partial charge is 0.356 e. The Morgan fingerprint density at radius 2 is 2.19 bits per heavy atom. The minimum atomic E-state index is -0.285. The highest BCUT2D eigenvalue weighted by Crippen LogP contribution is 2.25. The Hall–Kier alpha value is -1.75. The van der Waals surface area contributed by atoms with Crippen LogP contribution in [0.2, 0.25) is 0 Å². The van der Waals surface area contributed by atoms with Crippen molar-refractivity contribution in [2.24, 2.45) is 5.92 Å². The number of esters is 1. The number of nitrogens with zero attached hydrogens (tertiary/aromatic N) is 2. The first-order valence-electron chi connectivity index (χ1n) is 7.07. The molecule has 2 heterocycles. The number of imidazole rings is 1. The summed E-state index contributed by atoms with van der Waals surface area (Å²) in [6.45, 7) is 2.56. The van der Waals surface area contributed by atoms with Gasteiger partial charge in [-0.3, -0.25) is 0 Å². The van der Waals surface area contributed by atoms with E-state index in [0.717, 1.165) is 17.1 Å². The van der Waals surface area contributed by atoms with Gasteiger partial charge in [-0.25, -0.2) is 9.78 Å². The number of hydrogen-bond donors (Lipinski definition) is 0. The van der Waals surface area contributed by atoms with Crippen LogP contribution < -0.4 is 0 Å². The molecule has 0 bridgehead atoms. The van der Waals surface area contributed by atoms with Crippen LogP contribution in [0.4, 0.5) is 0 Å². The monoisotopic (exact) mass is 302 g/mol. The number of carbonyl (C=O) groups is 1. The molecule has 1 saturated heterocycles. The first-order valence-corrected chi connectivity index (χ1v) is 8.23. The predicted molar refractivity (Wildman–Crippen MR) is 83.6 cm³/mol. The summed E-state index contributed by atoms with van der Waals surface area (Å²) in [5.41, 5.74) is 1.65. The SMILES string of the molecule is C[C@H](c1ccccc1)n1cncc1C(=O)OCC1CSC1. The molecule has 0 aliphatic carbocycles. The fraction of sp³-hybridized carbons (Fsp3) is 0.375. The topological polar surface area (TPSA) is 44.1 Å². The number of rotatable bonds is 5. The molecule has 1 aliphatic rings. The third-order valence-electron chi connectivity index (χ3n) is 3.73. The maximum absolute atomic E-state index is 12.2. The van der Waals surface area contributed by atoms with Crippen LogP contribution in [-0.4, -0.2) is 33.6 Å². The molecule has 1 aromatic heterocycles. The average Bonchev–Trinajstić information content (AvgIpc) is 2.95. The minimum absolute atomic E-state index is 0.0514. The van der Waals surface area contributed by atoms with Crippen LogP contribution in [0.3, 0.4) is 0 Å². The van der Waals surface area contributed by atoms with Gasteiger partial charge in [-0.15, -0.1) is 0 Å². The van der Waals surface area contributed by atoms with E-state index in [4.69, 9.17) is 4.74 Å². The van der Waals surface area contributed by atoms with Gasteiger partial charge in [0.05, 0.1) is 25.2 Å². The van der Waals surface area contributed by atoms with Crippen LogP contribution in [0, 0.1) is 5.92 Å². The summed E-state index contributed by atoms with van der Waals surface area (Å²) in [5, 5.41) is 0. The van der Waals surface area contributed by atoms with Crippen molar-refractivity contribution in [3.05, 3.63) is 54.1 Å². The molecule has 1 aromatic carbocycles. The summed E-state index contributed by atoms with van der Waals surface area (Å²) in [7, 11) is 0. The second-order valence-corrected chi connectivity index (χ2v) is 6.35. The highest BCUT2D eigenvalue weighted by molar-refractivity contribution is 8.00. The van der Waals surface area contributed by atoms with Crippen molar-refractivity contribution >= 4 is 17.7 Å². The summed E-state index contributed by atoms with van der Waals surface area (Å²) in [4.78, 5) is 16.3. The molecule has 1 fully saturated rings. The molecule has 0 radical (unpaired) electrons. The summed E-state index contributed by atoms with van der Waals surface area (Å²) in [6, 6.07) is 10.1. The zero-order valence-electron chi connectivity index (χ0n) is 11.9. The van der Waals surface area contributed by atoms with E-state index in [-0.39, 0.29) is 12.0 Å². The first kappa shape index (κ1) is 14.2. The molecule has 5 heteroatoms. The van der Waals surface area contributed by atoms with Crippen molar-refractivity contribution in [3.63, 3.8) is 0 Å². The van der Waals surface area contributed by atoms with Crippen LogP contribution in [0.15, 0.2) is 42.9 Å². The Morgan fingerprint density at radius 3 is 2.86 bits per heavy atom. The van der Waals surface area contributed by atoms with Crippen molar-refractivity contribution in [2.45, 2.75) is 13.0 Å². The van der Waals surface area contributed by atoms with E-state index in [1.165, 1.54) is 0 Å². The van der Waals surface area contributed by atoms with Gasteiger partial charge in [0.25, 0.3) is 0 Å². The summed E-state index contributed by atoms with van der Waals surface area (Å²) >= 11 is 1.89. The maximum atomic E-state index is 12.2. The summed E-state index contributed by atoms with van der Waals surface area (Å²) in [6.07, 6.45) is 3.27. The average molecular weight is 302 g/mol. The molecule has 1 atom stereocenters. The Labute approximate surface area is 128 Å². The van der Waals surface area contributed by atoms with Gasteiger partial charge in [0.15, 0.2) is 0 Å². The van der Waals surface area contributed by atoms with Crippen molar-refractivity contribution in [1.82, 2.24) is 9.55 Å². The standard InChI is InChI=1S/C16H18N2O2S/c1-12(14-5-3-2-4-6-14)18-11-17-7-15(18)16(19)20-8-13-9-21-10-13/h2-7,11-13H,8-10H2,1H3/t12-/m1/s1. The van der Waals surface area contributed by atoms with Gasteiger partial charge >= 0.3 is 5.97 Å². The largest absolute Gasteiger partial charge is 0.461 e. The van der Waals surface area contributed by atoms with Crippen LogP contribution in [0.5, 0.6) is 0 Å². The van der Waals surface area contributed by atoms with E-state index in [1.807, 2.05) is 46.7 Å². The lowest BCUT2D eigenvalue weighted by atomic mass is 10.1. The van der Waals surface area contributed by atoms with Crippen LogP contribution in [0.25, 0.3) is 0 Å². The minimum Gasteiger partial charge on any atom is -0.461 e. The first-order chi connectivity index (χ1) is 10.3. The van der Waals surface area contributed by atoms with Gasteiger partial charge < -0.3 is 9.30 Å². The number of ether oxygens (including phenoxy) is 1. The molecule has 0 unspecified atom stereocenters. The Bertz CT molecular complexity index is 608. The fourth-order valence-electron chi connectivity index (χ4n) is 2.31. The zero-order chi connectivity index (χ0) is 14.7. The van der Waals surface area contributed by atoms with Gasteiger partial charge in [0, 0.05) is 17.4 Å². The molecule has 110 valence electrons. The third-order valence-corrected chi connectivity index (χ3v) is 5.15. The van der Waals surface area contributed by atoms with E-state index >= 15 is 0 Å². The second-order valence-electron chi connectivity index (χ2n) is 5.27. The summed E-state index contributed by atoms with van der Waals surface area (Å²) in [5.74, 6) is 2.41. The van der Waals surface area contributed by atoms with Gasteiger partial charge in [0.2, 0.25) is 0 Å². The van der Waals surface area contributed by atoms with E-state index < -0.39 is 0 Å². The number of benzene rings is 1. The molecule has 0 saturated carbocycles. The molecule has 3 rings (SSSR count). The van der Waals surface area contributed by atoms with Gasteiger partial charge in [-0.2, -0.15) is 11.8 Å². The number of aromatic nitrogens is 2. The second kappa shape index (κ2) is 6.35. The molecule has 2 aromatic rings. The predicted octanol–water partition coefficient (Wildman–Crippen LogP) is 3.01. The highest BCUT2D eigenvalue weighted by Gasteiger charge is 2.22. The summed E-state index contributed by atoms with van der Waals surface area (Å²) < 4.78 is 7.27. The molecule has 0 spiro atoms. The molecule has 0 amide bonds. The number of carbonyl (C=O) groups excluding carboxylic acids is 1. The molecule has 1 aliphatic heterocycles. The Morgan fingerprint density at radius 1 is 1.43 bits per heavy atom. The lowest BCUT2D eigenvalue weighted by Gasteiger charge is -2.24.